The second kappa shape index (κ2) is 8.15. The third-order valence-electron chi connectivity index (χ3n) is 6.29. The Morgan fingerprint density at radius 3 is 2.59 bits per heavy atom. The van der Waals surface area contributed by atoms with Crippen LogP contribution >= 0.6 is 0 Å². The molecule has 0 saturated heterocycles. The molecule has 0 radical (unpaired) electrons. The number of amides is 1. The molecular weight excluding hydrogens is 504 g/mol. The maximum atomic E-state index is 13.9. The van der Waals surface area contributed by atoms with E-state index >= 15 is 0 Å². The minimum atomic E-state index is -5.71. The van der Waals surface area contributed by atoms with Crippen LogP contribution in [0.15, 0.2) is 42.9 Å². The van der Waals surface area contributed by atoms with E-state index in [4.69, 9.17) is 5.73 Å². The molecule has 0 spiro atoms. The van der Waals surface area contributed by atoms with Gasteiger partial charge in [-0.3, -0.25) is 4.79 Å². The molecule has 14 heteroatoms. The number of aromatic nitrogens is 5. The summed E-state index contributed by atoms with van der Waals surface area (Å²) in [5.41, 5.74) is 5.28. The lowest BCUT2D eigenvalue weighted by Gasteiger charge is -2.23. The van der Waals surface area contributed by atoms with Crippen molar-refractivity contribution >= 4 is 23.2 Å². The molecule has 3 N–H and O–H groups in total. The first kappa shape index (κ1) is 24.5. The molecule has 8 nitrogen and oxygen atoms in total. The molecule has 1 unspecified atom stereocenters. The third-order valence-corrected chi connectivity index (χ3v) is 6.29. The Kier molecular flexibility index (Phi) is 5.39. The Balaban J connectivity index is 1.57. The number of nitrogens with one attached hydrogen (secondary N) is 1. The number of rotatable bonds is 5. The van der Waals surface area contributed by atoms with Crippen molar-refractivity contribution in [2.45, 2.75) is 37.3 Å². The zero-order chi connectivity index (χ0) is 26.8. The summed E-state index contributed by atoms with van der Waals surface area (Å²) in [5, 5.41) is 2.60. The molecule has 0 fully saturated rings. The fourth-order valence-corrected chi connectivity index (χ4v) is 4.29. The Hall–Kier alpha value is -4.23. The van der Waals surface area contributed by atoms with E-state index in [0.29, 0.717) is 5.56 Å². The summed E-state index contributed by atoms with van der Waals surface area (Å²) < 4.78 is 80.4. The average molecular weight is 521 g/mol. The Morgan fingerprint density at radius 1 is 1.14 bits per heavy atom. The first-order chi connectivity index (χ1) is 17.3. The van der Waals surface area contributed by atoms with E-state index in [0.717, 1.165) is 0 Å². The normalized spacial score (nSPS) is 17.8. The highest BCUT2D eigenvalue weighted by Gasteiger charge is 2.56. The van der Waals surface area contributed by atoms with Crippen LogP contribution in [0.3, 0.4) is 0 Å². The standard InChI is InChI=1S/C23H17F6N7O/c1-21(11-3-2-4-12(24)9-11)15-16(30)33-17(34-18(15)35-20(21)37)14-10-36-8-7-31-19(36)13(32-14)5-6-22(25,26)23(27,28)29/h2-4,7-10H,5-6H2,1H3,(H3,30,33,34,35,37). The third kappa shape index (κ3) is 3.92. The largest absolute Gasteiger partial charge is 0.453 e. The molecule has 3 aromatic heterocycles. The fourth-order valence-electron chi connectivity index (χ4n) is 4.29. The number of carbonyl (C=O) groups excluding carboxylic acids is 1. The number of nitrogens with zero attached hydrogens (tertiary/aromatic N) is 5. The van der Waals surface area contributed by atoms with Crippen molar-refractivity contribution in [3.8, 4) is 11.5 Å². The molecule has 192 valence electrons. The van der Waals surface area contributed by atoms with Crippen LogP contribution in [-0.4, -0.2) is 42.3 Å². The number of alkyl halides is 5. The van der Waals surface area contributed by atoms with Gasteiger partial charge in [-0.15, -0.1) is 0 Å². The molecule has 1 atom stereocenters. The van der Waals surface area contributed by atoms with Crippen molar-refractivity contribution in [1.29, 1.82) is 0 Å². The Labute approximate surface area is 204 Å². The second-order valence-electron chi connectivity index (χ2n) is 8.68. The predicted molar refractivity (Wildman–Crippen MR) is 119 cm³/mol. The Bertz CT molecular complexity index is 1550. The van der Waals surface area contributed by atoms with Gasteiger partial charge in [0.2, 0.25) is 5.91 Å². The summed E-state index contributed by atoms with van der Waals surface area (Å²) in [5.74, 6) is -6.20. The monoisotopic (exact) mass is 521 g/mol. The molecule has 0 saturated carbocycles. The molecule has 4 heterocycles. The quantitative estimate of drug-likeness (QED) is 0.379. The van der Waals surface area contributed by atoms with Crippen molar-refractivity contribution in [3.63, 3.8) is 0 Å². The predicted octanol–water partition coefficient (Wildman–Crippen LogP) is 4.30. The number of anilines is 2. The van der Waals surface area contributed by atoms with Gasteiger partial charge in [-0.25, -0.2) is 24.3 Å². The SMILES string of the molecule is CC1(c2cccc(F)c2)C(=O)Nc2nc(-c3cn4ccnc4c(CCC(F)(F)C(F)(F)F)n3)nc(N)c21. The van der Waals surface area contributed by atoms with Crippen molar-refractivity contribution in [1.82, 2.24) is 24.3 Å². The summed E-state index contributed by atoms with van der Waals surface area (Å²) >= 11 is 0. The number of aryl methyl sites for hydroxylation is 1. The number of benzene rings is 1. The summed E-state index contributed by atoms with van der Waals surface area (Å²) in [4.78, 5) is 29.7. The number of nitrogen functional groups attached to an aromatic ring is 1. The van der Waals surface area contributed by atoms with E-state index in [1.54, 1.807) is 6.07 Å². The maximum Gasteiger partial charge on any atom is 0.453 e. The summed E-state index contributed by atoms with van der Waals surface area (Å²) in [6.07, 6.45) is -3.81. The van der Waals surface area contributed by atoms with Crippen LogP contribution in [0.25, 0.3) is 17.2 Å². The van der Waals surface area contributed by atoms with Crippen molar-refractivity contribution in [2.24, 2.45) is 0 Å². The lowest BCUT2D eigenvalue weighted by molar-refractivity contribution is -0.284. The van der Waals surface area contributed by atoms with Crippen LogP contribution in [-0.2, 0) is 16.6 Å². The van der Waals surface area contributed by atoms with Gasteiger partial charge in [0.05, 0.1) is 11.3 Å². The minimum Gasteiger partial charge on any atom is -0.383 e. The average Bonchev–Trinajstić information content (AvgIpc) is 3.39. The van der Waals surface area contributed by atoms with E-state index in [2.05, 4.69) is 25.3 Å². The van der Waals surface area contributed by atoms with Gasteiger partial charge in [0.15, 0.2) is 11.5 Å². The summed E-state index contributed by atoms with van der Waals surface area (Å²) in [6.45, 7) is 1.54. The van der Waals surface area contributed by atoms with Crippen LogP contribution in [0.1, 0.15) is 30.2 Å². The topological polar surface area (TPSA) is 111 Å². The first-order valence-corrected chi connectivity index (χ1v) is 10.8. The minimum absolute atomic E-state index is 0.000988. The van der Waals surface area contributed by atoms with E-state index < -0.39 is 42.1 Å². The molecule has 4 aromatic rings. The number of imidazole rings is 1. The lowest BCUT2D eigenvalue weighted by atomic mass is 9.78. The smallest absolute Gasteiger partial charge is 0.383 e. The fraction of sp³-hybridized carbons (Fsp3) is 0.261. The molecular formula is C23H17F6N7O. The van der Waals surface area contributed by atoms with Crippen LogP contribution in [0.2, 0.25) is 0 Å². The van der Waals surface area contributed by atoms with E-state index in [9.17, 15) is 31.1 Å². The highest BCUT2D eigenvalue weighted by molar-refractivity contribution is 6.09. The van der Waals surface area contributed by atoms with Gasteiger partial charge in [0, 0.05) is 25.0 Å². The van der Waals surface area contributed by atoms with Gasteiger partial charge in [0.1, 0.15) is 28.6 Å². The number of hydrogen-bond acceptors (Lipinski definition) is 6. The van der Waals surface area contributed by atoms with Crippen molar-refractivity contribution in [3.05, 3.63) is 65.5 Å². The highest BCUT2D eigenvalue weighted by atomic mass is 19.4. The number of hydrogen-bond donors (Lipinski definition) is 2. The number of halogens is 6. The molecule has 0 bridgehead atoms. The second-order valence-corrected chi connectivity index (χ2v) is 8.68. The van der Waals surface area contributed by atoms with Crippen LogP contribution in [0.4, 0.5) is 38.0 Å². The van der Waals surface area contributed by atoms with Crippen LogP contribution < -0.4 is 11.1 Å². The molecule has 1 aliphatic heterocycles. The number of nitrogens with two attached hydrogens (primary N) is 1. The molecule has 0 aliphatic carbocycles. The van der Waals surface area contributed by atoms with Gasteiger partial charge in [-0.05, 0) is 31.0 Å². The highest BCUT2D eigenvalue weighted by Crippen LogP contribution is 2.45. The van der Waals surface area contributed by atoms with E-state index in [1.807, 2.05) is 0 Å². The van der Waals surface area contributed by atoms with Gasteiger partial charge in [-0.1, -0.05) is 12.1 Å². The van der Waals surface area contributed by atoms with Gasteiger partial charge in [0.25, 0.3) is 0 Å². The van der Waals surface area contributed by atoms with Gasteiger partial charge < -0.3 is 15.5 Å². The number of fused-ring (bicyclic) bond motifs is 2. The lowest BCUT2D eigenvalue weighted by Crippen LogP contribution is -2.36. The number of carbonyl (C=O) groups is 1. The maximum absolute atomic E-state index is 13.9. The molecule has 1 aliphatic rings. The zero-order valence-corrected chi connectivity index (χ0v) is 18.9. The summed E-state index contributed by atoms with van der Waals surface area (Å²) in [6, 6.07) is 5.42. The van der Waals surface area contributed by atoms with Gasteiger partial charge >= 0.3 is 12.1 Å². The first-order valence-electron chi connectivity index (χ1n) is 10.8. The zero-order valence-electron chi connectivity index (χ0n) is 18.9. The molecule has 5 rings (SSSR count). The molecule has 1 amide bonds. The summed E-state index contributed by atoms with van der Waals surface area (Å²) in [7, 11) is 0. The van der Waals surface area contributed by atoms with Crippen LogP contribution in [0, 0.1) is 5.82 Å². The van der Waals surface area contributed by atoms with E-state index in [1.165, 1.54) is 48.1 Å². The molecule has 1 aromatic carbocycles. The van der Waals surface area contributed by atoms with E-state index in [-0.39, 0.29) is 40.1 Å². The Morgan fingerprint density at radius 2 is 1.89 bits per heavy atom. The van der Waals surface area contributed by atoms with Gasteiger partial charge in [-0.2, -0.15) is 22.0 Å². The van der Waals surface area contributed by atoms with Crippen LogP contribution in [0.5, 0.6) is 0 Å². The molecule has 37 heavy (non-hydrogen) atoms. The van der Waals surface area contributed by atoms with Crippen molar-refractivity contribution in [2.75, 3.05) is 11.1 Å². The van der Waals surface area contributed by atoms with Crippen molar-refractivity contribution < 1.29 is 31.1 Å².